The van der Waals surface area contributed by atoms with E-state index in [0.29, 0.717) is 11.1 Å². The number of rotatable bonds is 3. The number of benzene rings is 2. The molecular weight excluding hydrogens is 338 g/mol. The Morgan fingerprint density at radius 2 is 1.56 bits per heavy atom. The van der Waals surface area contributed by atoms with Crippen molar-refractivity contribution in [1.29, 1.82) is 0 Å². The van der Waals surface area contributed by atoms with Gasteiger partial charge in [-0.05, 0) is 82.1 Å². The number of aromatic nitrogens is 1. The van der Waals surface area contributed by atoms with Crippen LogP contribution in [0.1, 0.15) is 54.1 Å². The second-order valence-corrected chi connectivity index (χ2v) is 7.68. The maximum absolute atomic E-state index is 12.2. The maximum atomic E-state index is 12.2. The van der Waals surface area contributed by atoms with Crippen LogP contribution in [0.3, 0.4) is 0 Å². The molecule has 0 amide bonds. The minimum absolute atomic E-state index is 0.0173. The fourth-order valence-electron chi connectivity index (χ4n) is 2.94. The van der Waals surface area contributed by atoms with E-state index in [1.807, 2.05) is 58.0 Å². The fraction of sp³-hybridized carbons (Fsp3) is 0.261. The molecule has 138 valence electrons. The van der Waals surface area contributed by atoms with E-state index < -0.39 is 5.60 Å². The average molecular weight is 361 g/mol. The Bertz CT molecular complexity index is 1030. The molecule has 0 N–H and O–H groups in total. The molecule has 2 aromatic carbocycles. The number of aryl methyl sites for hydroxylation is 1. The Morgan fingerprint density at radius 3 is 2.15 bits per heavy atom. The van der Waals surface area contributed by atoms with Gasteiger partial charge in [0, 0.05) is 16.6 Å². The molecule has 0 unspecified atom stereocenters. The highest BCUT2D eigenvalue weighted by Crippen LogP contribution is 2.30. The van der Waals surface area contributed by atoms with Crippen molar-refractivity contribution >= 4 is 22.7 Å². The summed E-state index contributed by atoms with van der Waals surface area (Å²) in [6.07, 6.45) is 0. The highest BCUT2D eigenvalue weighted by atomic mass is 16.6. The average Bonchev–Trinajstić information content (AvgIpc) is 2.59. The Labute approximate surface area is 159 Å². The first-order valence-corrected chi connectivity index (χ1v) is 8.90. The van der Waals surface area contributed by atoms with Gasteiger partial charge >= 0.3 is 5.97 Å². The number of carbonyl (C=O) groups excluding carboxylic acids is 2. The lowest BCUT2D eigenvalue weighted by Crippen LogP contribution is -2.23. The van der Waals surface area contributed by atoms with E-state index in [0.717, 1.165) is 27.7 Å². The van der Waals surface area contributed by atoms with Crippen molar-refractivity contribution in [3.05, 3.63) is 65.4 Å². The Morgan fingerprint density at radius 1 is 0.926 bits per heavy atom. The molecule has 0 saturated carbocycles. The van der Waals surface area contributed by atoms with Gasteiger partial charge in [-0.15, -0.1) is 0 Å². The molecule has 0 aliphatic heterocycles. The van der Waals surface area contributed by atoms with Crippen LogP contribution in [0.15, 0.2) is 48.5 Å². The van der Waals surface area contributed by atoms with E-state index in [1.165, 1.54) is 0 Å². The Balaban J connectivity index is 2.05. The van der Waals surface area contributed by atoms with Crippen molar-refractivity contribution in [2.24, 2.45) is 0 Å². The summed E-state index contributed by atoms with van der Waals surface area (Å²) in [5.41, 5.74) is 4.30. The van der Waals surface area contributed by atoms with Gasteiger partial charge < -0.3 is 4.74 Å². The monoisotopic (exact) mass is 361 g/mol. The van der Waals surface area contributed by atoms with E-state index in [4.69, 9.17) is 4.74 Å². The van der Waals surface area contributed by atoms with Crippen LogP contribution in [-0.4, -0.2) is 22.3 Å². The van der Waals surface area contributed by atoms with Crippen LogP contribution in [-0.2, 0) is 4.74 Å². The van der Waals surface area contributed by atoms with E-state index in [-0.39, 0.29) is 11.8 Å². The van der Waals surface area contributed by atoms with Gasteiger partial charge in [-0.2, -0.15) is 0 Å². The van der Waals surface area contributed by atoms with Crippen LogP contribution in [0.25, 0.3) is 22.0 Å². The van der Waals surface area contributed by atoms with Gasteiger partial charge in [0.1, 0.15) is 5.60 Å². The van der Waals surface area contributed by atoms with Gasteiger partial charge in [0.25, 0.3) is 0 Å². The topological polar surface area (TPSA) is 56.3 Å². The largest absolute Gasteiger partial charge is 0.456 e. The lowest BCUT2D eigenvalue weighted by molar-refractivity contribution is 0.00694. The zero-order valence-electron chi connectivity index (χ0n) is 16.3. The molecule has 4 heteroatoms. The van der Waals surface area contributed by atoms with Crippen molar-refractivity contribution < 1.29 is 14.3 Å². The maximum Gasteiger partial charge on any atom is 0.338 e. The van der Waals surface area contributed by atoms with E-state index in [9.17, 15) is 9.59 Å². The molecule has 0 fully saturated rings. The number of carbonyl (C=O) groups is 2. The zero-order chi connectivity index (χ0) is 19.8. The number of nitrogens with zero attached hydrogens (tertiary/aromatic N) is 1. The normalized spacial score (nSPS) is 11.4. The predicted octanol–water partition coefficient (Wildman–Crippen LogP) is 5.37. The van der Waals surface area contributed by atoms with Gasteiger partial charge in [0.15, 0.2) is 5.78 Å². The molecule has 1 heterocycles. The second-order valence-electron chi connectivity index (χ2n) is 7.68. The lowest BCUT2D eigenvalue weighted by Gasteiger charge is -2.19. The summed E-state index contributed by atoms with van der Waals surface area (Å²) in [6.45, 7) is 9.03. The minimum atomic E-state index is -0.530. The number of pyridine rings is 1. The van der Waals surface area contributed by atoms with Gasteiger partial charge in [0.2, 0.25) is 0 Å². The summed E-state index contributed by atoms with van der Waals surface area (Å²) < 4.78 is 5.41. The number of hydrogen-bond acceptors (Lipinski definition) is 4. The fourth-order valence-corrected chi connectivity index (χ4v) is 2.94. The standard InChI is InChI=1S/C23H23NO3/c1-14-12-19(20-13-18(15(2)25)10-11-21(20)24-14)16-6-8-17(9-7-16)22(26)27-23(3,4)5/h6-13H,1-5H3. The second kappa shape index (κ2) is 6.95. The number of ether oxygens (including phenoxy) is 1. The third-order valence-electron chi connectivity index (χ3n) is 4.17. The van der Waals surface area contributed by atoms with Crippen LogP contribution in [0, 0.1) is 6.92 Å². The van der Waals surface area contributed by atoms with Crippen molar-refractivity contribution in [1.82, 2.24) is 4.98 Å². The molecular formula is C23H23NO3. The first kappa shape index (κ1) is 18.8. The Hall–Kier alpha value is -3.01. The summed E-state index contributed by atoms with van der Waals surface area (Å²) in [5, 5.41) is 0.915. The molecule has 0 bridgehead atoms. The summed E-state index contributed by atoms with van der Waals surface area (Å²) in [6, 6.07) is 14.9. The van der Waals surface area contributed by atoms with Crippen LogP contribution in [0.5, 0.6) is 0 Å². The number of hydrogen-bond donors (Lipinski definition) is 0. The van der Waals surface area contributed by atoms with Crippen molar-refractivity contribution in [2.45, 2.75) is 40.2 Å². The highest BCUT2D eigenvalue weighted by molar-refractivity contribution is 6.02. The molecule has 27 heavy (non-hydrogen) atoms. The molecule has 0 saturated heterocycles. The van der Waals surface area contributed by atoms with Crippen LogP contribution in [0.4, 0.5) is 0 Å². The first-order chi connectivity index (χ1) is 12.6. The third-order valence-corrected chi connectivity index (χ3v) is 4.17. The van der Waals surface area contributed by atoms with Crippen LogP contribution < -0.4 is 0 Å². The third kappa shape index (κ3) is 4.22. The first-order valence-electron chi connectivity index (χ1n) is 8.90. The molecule has 0 atom stereocenters. The van der Waals surface area contributed by atoms with Crippen molar-refractivity contribution in [3.63, 3.8) is 0 Å². The minimum Gasteiger partial charge on any atom is -0.456 e. The number of Topliss-reactive ketones (excluding diaryl/α,β-unsaturated/α-hetero) is 1. The lowest BCUT2D eigenvalue weighted by atomic mass is 9.97. The van der Waals surface area contributed by atoms with E-state index in [1.54, 1.807) is 25.1 Å². The van der Waals surface area contributed by atoms with Gasteiger partial charge in [-0.25, -0.2) is 4.79 Å². The van der Waals surface area contributed by atoms with Gasteiger partial charge in [0.05, 0.1) is 11.1 Å². The van der Waals surface area contributed by atoms with Gasteiger partial charge in [-0.3, -0.25) is 9.78 Å². The molecule has 3 rings (SSSR count). The van der Waals surface area contributed by atoms with Crippen LogP contribution in [0.2, 0.25) is 0 Å². The SMILES string of the molecule is CC(=O)c1ccc2nc(C)cc(-c3ccc(C(=O)OC(C)(C)C)cc3)c2c1. The molecule has 0 aliphatic rings. The quantitative estimate of drug-likeness (QED) is 0.465. The Kier molecular flexibility index (Phi) is 4.83. The molecule has 3 aromatic rings. The van der Waals surface area contributed by atoms with E-state index in [2.05, 4.69) is 4.98 Å². The van der Waals surface area contributed by atoms with Crippen molar-refractivity contribution in [3.8, 4) is 11.1 Å². The van der Waals surface area contributed by atoms with Crippen LogP contribution >= 0.6 is 0 Å². The number of fused-ring (bicyclic) bond motifs is 1. The van der Waals surface area contributed by atoms with Gasteiger partial charge in [-0.1, -0.05) is 12.1 Å². The molecule has 0 spiro atoms. The molecule has 0 aliphatic carbocycles. The molecule has 0 radical (unpaired) electrons. The summed E-state index contributed by atoms with van der Waals surface area (Å²) in [7, 11) is 0. The predicted molar refractivity (Wildman–Crippen MR) is 107 cm³/mol. The number of esters is 1. The zero-order valence-corrected chi connectivity index (χ0v) is 16.3. The highest BCUT2D eigenvalue weighted by Gasteiger charge is 2.18. The summed E-state index contributed by atoms with van der Waals surface area (Å²) in [4.78, 5) is 28.6. The van der Waals surface area contributed by atoms with Crippen molar-refractivity contribution in [2.75, 3.05) is 0 Å². The summed E-state index contributed by atoms with van der Waals surface area (Å²) in [5.74, 6) is -0.326. The number of ketones is 1. The summed E-state index contributed by atoms with van der Waals surface area (Å²) >= 11 is 0. The molecule has 1 aromatic heterocycles. The van der Waals surface area contributed by atoms with E-state index >= 15 is 0 Å². The smallest absolute Gasteiger partial charge is 0.338 e. The molecule has 4 nitrogen and oxygen atoms in total.